The standard InChI is InChI=1S/C24H19NO8/c1-14-23(32-18-9-7-17(30-2)8-10-18)22(26)20-12-11-19(13-21(20)31-14)33-24(27)15-3-5-16(6-4-15)25(28)29/h3-13,25,28H,1-2H3. The molecule has 0 aliphatic heterocycles. The highest BCUT2D eigenvalue weighted by Crippen LogP contribution is 2.28. The van der Waals surface area contributed by atoms with E-state index in [1.165, 1.54) is 42.5 Å². The number of benzene rings is 3. The van der Waals surface area contributed by atoms with E-state index >= 15 is 0 Å². The van der Waals surface area contributed by atoms with Gasteiger partial charge in [-0.1, -0.05) is 0 Å². The van der Waals surface area contributed by atoms with Gasteiger partial charge in [-0.2, -0.15) is 5.23 Å². The molecule has 0 aliphatic carbocycles. The summed E-state index contributed by atoms with van der Waals surface area (Å²) in [5, 5.41) is 19.1. The van der Waals surface area contributed by atoms with Gasteiger partial charge in [0.05, 0.1) is 18.1 Å². The van der Waals surface area contributed by atoms with Crippen LogP contribution in [0.15, 0.2) is 75.9 Å². The maximum Gasteiger partial charge on any atom is 0.343 e. The summed E-state index contributed by atoms with van der Waals surface area (Å²) in [7, 11) is 1.55. The number of rotatable bonds is 6. The van der Waals surface area contributed by atoms with Crippen LogP contribution in [0.2, 0.25) is 0 Å². The van der Waals surface area contributed by atoms with Crippen LogP contribution < -0.4 is 24.9 Å². The van der Waals surface area contributed by atoms with Gasteiger partial charge in [0, 0.05) is 18.2 Å². The molecule has 1 heterocycles. The number of fused-ring (bicyclic) bond motifs is 1. The van der Waals surface area contributed by atoms with Gasteiger partial charge in [0.15, 0.2) is 5.69 Å². The van der Waals surface area contributed by atoms with E-state index in [1.807, 2.05) is 0 Å². The monoisotopic (exact) mass is 449 g/mol. The van der Waals surface area contributed by atoms with Gasteiger partial charge in [0.2, 0.25) is 11.2 Å². The van der Waals surface area contributed by atoms with E-state index in [-0.39, 0.29) is 44.9 Å². The third kappa shape index (κ3) is 4.70. The molecule has 9 nitrogen and oxygen atoms in total. The summed E-state index contributed by atoms with van der Waals surface area (Å²) in [5.74, 6) is 0.910. The van der Waals surface area contributed by atoms with Crippen LogP contribution in [0.5, 0.6) is 23.0 Å². The number of nitrogens with one attached hydrogen (secondary N) is 1. The predicted molar refractivity (Wildman–Crippen MR) is 117 cm³/mol. The second-order valence-electron chi connectivity index (χ2n) is 7.02. The molecule has 4 rings (SSSR count). The van der Waals surface area contributed by atoms with Gasteiger partial charge in [-0.3, -0.25) is 4.79 Å². The van der Waals surface area contributed by atoms with Crippen molar-refractivity contribution in [3.8, 4) is 23.0 Å². The normalized spacial score (nSPS) is 11.8. The lowest BCUT2D eigenvalue weighted by Crippen LogP contribution is -2.99. The van der Waals surface area contributed by atoms with Gasteiger partial charge >= 0.3 is 5.97 Å². The maximum atomic E-state index is 13.0. The van der Waals surface area contributed by atoms with E-state index in [4.69, 9.17) is 23.8 Å². The number of esters is 1. The SMILES string of the molecule is COc1ccc(Oc2c(C)oc3cc(OC(=O)c4ccc([NH+]([O-])O)cc4)ccc3c2=O)cc1. The number of carbonyl (C=O) groups excluding carboxylic acids is 1. The lowest BCUT2D eigenvalue weighted by atomic mass is 10.2. The first kappa shape index (κ1) is 22.0. The van der Waals surface area contributed by atoms with Gasteiger partial charge in [0.1, 0.15) is 28.6 Å². The summed E-state index contributed by atoms with van der Waals surface area (Å²) in [5.41, 5.74) is 0.0981. The lowest BCUT2D eigenvalue weighted by Gasteiger charge is -2.12. The van der Waals surface area contributed by atoms with Crippen LogP contribution in [-0.2, 0) is 0 Å². The fraction of sp³-hybridized carbons (Fsp3) is 0.0833. The van der Waals surface area contributed by atoms with Gasteiger partial charge in [-0.25, -0.2) is 10.0 Å². The molecule has 0 spiro atoms. The Hall–Kier alpha value is -4.18. The van der Waals surface area contributed by atoms with Crippen molar-refractivity contribution in [1.29, 1.82) is 0 Å². The van der Waals surface area contributed by atoms with E-state index in [9.17, 15) is 14.8 Å². The Morgan fingerprint density at radius 3 is 2.24 bits per heavy atom. The summed E-state index contributed by atoms with van der Waals surface area (Å²) < 4.78 is 21.9. The number of hydrogen-bond donors (Lipinski definition) is 2. The summed E-state index contributed by atoms with van der Waals surface area (Å²) in [4.78, 5) is 25.3. The van der Waals surface area contributed by atoms with Crippen LogP contribution in [0.1, 0.15) is 16.1 Å². The molecule has 4 aromatic rings. The molecular weight excluding hydrogens is 430 g/mol. The first-order valence-electron chi connectivity index (χ1n) is 9.80. The zero-order valence-corrected chi connectivity index (χ0v) is 17.7. The molecule has 0 amide bonds. The molecule has 0 aliphatic rings. The Balaban J connectivity index is 1.58. The first-order valence-corrected chi connectivity index (χ1v) is 9.80. The molecule has 1 atom stereocenters. The lowest BCUT2D eigenvalue weighted by molar-refractivity contribution is -0.991. The van der Waals surface area contributed by atoms with Crippen molar-refractivity contribution in [1.82, 2.24) is 0 Å². The molecule has 168 valence electrons. The zero-order valence-electron chi connectivity index (χ0n) is 17.7. The van der Waals surface area contributed by atoms with Crippen LogP contribution >= 0.6 is 0 Å². The highest BCUT2D eigenvalue weighted by atomic mass is 16.8. The fourth-order valence-electron chi connectivity index (χ4n) is 3.13. The fourth-order valence-corrected chi connectivity index (χ4v) is 3.13. The second kappa shape index (κ2) is 9.13. The molecule has 0 saturated carbocycles. The molecular formula is C24H19NO8. The Morgan fingerprint density at radius 1 is 0.970 bits per heavy atom. The molecule has 1 unspecified atom stereocenters. The first-order chi connectivity index (χ1) is 15.9. The average molecular weight is 449 g/mol. The minimum Gasteiger partial charge on any atom is -0.595 e. The molecule has 0 saturated heterocycles. The number of hydrogen-bond acceptors (Lipinski definition) is 8. The van der Waals surface area contributed by atoms with E-state index in [0.717, 1.165) is 0 Å². The van der Waals surface area contributed by atoms with Crippen molar-refractivity contribution in [3.05, 3.63) is 93.5 Å². The number of carbonyl (C=O) groups is 1. The van der Waals surface area contributed by atoms with Crippen LogP contribution in [0, 0.1) is 12.1 Å². The van der Waals surface area contributed by atoms with Gasteiger partial charge in [-0.15, -0.1) is 0 Å². The van der Waals surface area contributed by atoms with E-state index in [1.54, 1.807) is 38.3 Å². The summed E-state index contributed by atoms with van der Waals surface area (Å²) in [6.07, 6.45) is 0. The highest BCUT2D eigenvalue weighted by molar-refractivity contribution is 5.92. The third-order valence-corrected chi connectivity index (χ3v) is 4.84. The Kier molecular flexibility index (Phi) is 6.09. The van der Waals surface area contributed by atoms with Crippen molar-refractivity contribution in [2.24, 2.45) is 0 Å². The van der Waals surface area contributed by atoms with Crippen LogP contribution in [0.25, 0.3) is 11.0 Å². The minimum absolute atomic E-state index is 0.0518. The molecule has 0 bridgehead atoms. The van der Waals surface area contributed by atoms with Crippen LogP contribution in [0.4, 0.5) is 5.69 Å². The molecule has 3 aromatic carbocycles. The largest absolute Gasteiger partial charge is 0.595 e. The van der Waals surface area contributed by atoms with Crippen LogP contribution in [-0.4, -0.2) is 18.3 Å². The zero-order chi connectivity index (χ0) is 23.5. The molecule has 2 N–H and O–H groups in total. The number of methoxy groups -OCH3 is 1. The topological polar surface area (TPSA) is 123 Å². The Bertz CT molecular complexity index is 1360. The van der Waals surface area contributed by atoms with E-state index < -0.39 is 11.2 Å². The van der Waals surface area contributed by atoms with E-state index in [2.05, 4.69) is 0 Å². The number of ether oxygens (including phenoxy) is 3. The second-order valence-corrected chi connectivity index (χ2v) is 7.02. The van der Waals surface area contributed by atoms with Crippen molar-refractivity contribution in [2.45, 2.75) is 6.92 Å². The molecule has 0 fully saturated rings. The Labute approximate surface area is 187 Å². The van der Waals surface area contributed by atoms with Gasteiger partial charge in [0.25, 0.3) is 0 Å². The van der Waals surface area contributed by atoms with Crippen LogP contribution in [0.3, 0.4) is 0 Å². The maximum absolute atomic E-state index is 13.0. The van der Waals surface area contributed by atoms with Crippen molar-refractivity contribution < 1.29 is 33.9 Å². The smallest absolute Gasteiger partial charge is 0.343 e. The molecule has 33 heavy (non-hydrogen) atoms. The summed E-state index contributed by atoms with van der Waals surface area (Å²) in [6.45, 7) is 1.60. The van der Waals surface area contributed by atoms with Gasteiger partial charge < -0.3 is 23.8 Å². The van der Waals surface area contributed by atoms with Crippen molar-refractivity contribution >= 4 is 22.6 Å². The van der Waals surface area contributed by atoms with Crippen molar-refractivity contribution in [3.63, 3.8) is 0 Å². The molecule has 9 heteroatoms. The molecule has 1 aromatic heterocycles. The predicted octanol–water partition coefficient (Wildman–Crippen LogP) is 3.52. The number of aryl methyl sites for hydroxylation is 1. The third-order valence-electron chi connectivity index (χ3n) is 4.84. The number of quaternary nitrogens is 1. The molecule has 0 radical (unpaired) electrons. The van der Waals surface area contributed by atoms with E-state index in [0.29, 0.717) is 11.5 Å². The average Bonchev–Trinajstić information content (AvgIpc) is 2.82. The quantitative estimate of drug-likeness (QED) is 0.260. The van der Waals surface area contributed by atoms with Crippen molar-refractivity contribution in [2.75, 3.05) is 7.11 Å². The Morgan fingerprint density at radius 2 is 1.61 bits per heavy atom. The summed E-state index contributed by atoms with van der Waals surface area (Å²) in [6, 6.07) is 16.5. The minimum atomic E-state index is -1.09. The summed E-state index contributed by atoms with van der Waals surface area (Å²) >= 11 is 0. The highest BCUT2D eigenvalue weighted by Gasteiger charge is 2.16. The van der Waals surface area contributed by atoms with Gasteiger partial charge in [-0.05, 0) is 55.5 Å².